The first-order chi connectivity index (χ1) is 14.3. The fourth-order valence-electron chi connectivity index (χ4n) is 2.93. The van der Waals surface area contributed by atoms with Crippen molar-refractivity contribution in [3.05, 3.63) is 16.0 Å². The van der Waals surface area contributed by atoms with E-state index in [1.807, 2.05) is 0 Å². The van der Waals surface area contributed by atoms with Crippen LogP contribution in [0.3, 0.4) is 0 Å². The van der Waals surface area contributed by atoms with Crippen molar-refractivity contribution in [2.24, 2.45) is 0 Å². The van der Waals surface area contributed by atoms with E-state index in [9.17, 15) is 9.59 Å². The molecule has 11 heteroatoms. The van der Waals surface area contributed by atoms with Crippen LogP contribution in [0.4, 0.5) is 5.00 Å². The number of carboxylic acids is 2. The third kappa shape index (κ3) is 6.78. The molecule has 30 heavy (non-hydrogen) atoms. The molecule has 2 aliphatic rings. The van der Waals surface area contributed by atoms with Crippen molar-refractivity contribution in [3.63, 3.8) is 0 Å². The summed E-state index contributed by atoms with van der Waals surface area (Å²) in [5.41, 5.74) is 1.61. The lowest BCUT2D eigenvalue weighted by Gasteiger charge is -2.25. The van der Waals surface area contributed by atoms with Crippen molar-refractivity contribution in [2.75, 3.05) is 31.6 Å². The highest BCUT2D eigenvalue weighted by Gasteiger charge is 2.29. The molecule has 0 radical (unpaired) electrons. The average Bonchev–Trinajstić information content (AvgIpc) is 3.46. The van der Waals surface area contributed by atoms with Gasteiger partial charge < -0.3 is 25.6 Å². The van der Waals surface area contributed by atoms with Crippen molar-refractivity contribution in [2.45, 2.75) is 45.7 Å². The van der Waals surface area contributed by atoms with E-state index in [4.69, 9.17) is 24.5 Å². The van der Waals surface area contributed by atoms with Crippen molar-refractivity contribution < 1.29 is 34.1 Å². The molecule has 166 valence electrons. The van der Waals surface area contributed by atoms with Gasteiger partial charge in [-0.15, -0.1) is 11.3 Å². The molecule has 1 saturated carbocycles. The SMILES string of the molecule is CCOC(=O)c1c(NC(=O)CNC2CC2)sc2c1CCN(CC)C2.O=C(O)C(=O)O. The van der Waals surface area contributed by atoms with E-state index in [0.29, 0.717) is 23.2 Å². The topological polar surface area (TPSA) is 145 Å². The summed E-state index contributed by atoms with van der Waals surface area (Å²) in [7, 11) is 0. The number of carbonyl (C=O) groups is 4. The highest BCUT2D eigenvalue weighted by atomic mass is 32.1. The fraction of sp³-hybridized carbons (Fsp3) is 0.579. The number of carbonyl (C=O) groups excluding carboxylic acids is 2. The Bertz CT molecular complexity index is 792. The van der Waals surface area contributed by atoms with Gasteiger partial charge in [-0.1, -0.05) is 6.92 Å². The van der Waals surface area contributed by atoms with Crippen molar-refractivity contribution in [3.8, 4) is 0 Å². The Balaban J connectivity index is 0.000000469. The molecule has 1 amide bonds. The van der Waals surface area contributed by atoms with Crippen LogP contribution < -0.4 is 10.6 Å². The molecular weight excluding hydrogens is 414 g/mol. The van der Waals surface area contributed by atoms with E-state index >= 15 is 0 Å². The Kier molecular flexibility index (Phi) is 8.75. The van der Waals surface area contributed by atoms with Gasteiger partial charge in [0, 0.05) is 24.0 Å². The lowest BCUT2D eigenvalue weighted by atomic mass is 10.0. The lowest BCUT2D eigenvalue weighted by molar-refractivity contribution is -0.159. The number of ether oxygens (including phenoxy) is 1. The van der Waals surface area contributed by atoms with Crippen molar-refractivity contribution in [1.29, 1.82) is 0 Å². The molecule has 10 nitrogen and oxygen atoms in total. The highest BCUT2D eigenvalue weighted by molar-refractivity contribution is 7.17. The minimum absolute atomic E-state index is 0.0987. The number of carboxylic acid groups (broad SMARTS) is 2. The maximum Gasteiger partial charge on any atom is 0.414 e. The molecular formula is C19H27N3O7S. The molecule has 0 atom stereocenters. The number of rotatable bonds is 7. The van der Waals surface area contributed by atoms with Gasteiger partial charge in [0.1, 0.15) is 5.00 Å². The van der Waals surface area contributed by atoms with Gasteiger partial charge in [0.2, 0.25) is 5.91 Å². The quantitative estimate of drug-likeness (QED) is 0.361. The molecule has 0 saturated heterocycles. The zero-order valence-corrected chi connectivity index (χ0v) is 17.8. The van der Waals surface area contributed by atoms with Gasteiger partial charge in [0.15, 0.2) is 0 Å². The minimum Gasteiger partial charge on any atom is -0.473 e. The standard InChI is InChI=1S/C17H25N3O3S.C2H2O4/c1-3-20-8-7-12-13(10-20)24-16(15(12)17(22)23-4-2)19-14(21)9-18-11-5-6-11;3-1(4)2(5)6/h11,18H,3-10H2,1-2H3,(H,19,21);(H,3,4)(H,5,6). The first-order valence-electron chi connectivity index (χ1n) is 9.80. The predicted molar refractivity (Wildman–Crippen MR) is 110 cm³/mol. The number of nitrogens with one attached hydrogen (secondary N) is 2. The number of anilines is 1. The van der Waals surface area contributed by atoms with Gasteiger partial charge in [0.05, 0.1) is 18.7 Å². The number of hydrogen-bond donors (Lipinski definition) is 4. The fourth-order valence-corrected chi connectivity index (χ4v) is 4.22. The molecule has 1 aliphatic carbocycles. The van der Waals surface area contributed by atoms with E-state index in [1.54, 1.807) is 6.92 Å². The summed E-state index contributed by atoms with van der Waals surface area (Å²) in [4.78, 5) is 46.3. The summed E-state index contributed by atoms with van der Waals surface area (Å²) < 4.78 is 5.22. The van der Waals surface area contributed by atoms with Crippen molar-refractivity contribution in [1.82, 2.24) is 10.2 Å². The molecule has 0 bridgehead atoms. The molecule has 1 fully saturated rings. The molecule has 4 N–H and O–H groups in total. The van der Waals surface area contributed by atoms with Crippen LogP contribution in [0.1, 0.15) is 47.5 Å². The highest BCUT2D eigenvalue weighted by Crippen LogP contribution is 2.37. The average molecular weight is 442 g/mol. The van der Waals surface area contributed by atoms with E-state index in [0.717, 1.165) is 49.3 Å². The second kappa shape index (κ2) is 11.0. The van der Waals surface area contributed by atoms with Crippen LogP contribution in [0.5, 0.6) is 0 Å². The van der Waals surface area contributed by atoms with Gasteiger partial charge in [-0.05, 0) is 38.3 Å². The number of nitrogens with zero attached hydrogens (tertiary/aromatic N) is 1. The number of amides is 1. The zero-order chi connectivity index (χ0) is 22.3. The van der Waals surface area contributed by atoms with Crippen LogP contribution in [-0.2, 0) is 32.1 Å². The summed E-state index contributed by atoms with van der Waals surface area (Å²) >= 11 is 1.51. The van der Waals surface area contributed by atoms with Crippen LogP contribution in [0.15, 0.2) is 0 Å². The lowest BCUT2D eigenvalue weighted by Crippen LogP contribution is -2.30. The summed E-state index contributed by atoms with van der Waals surface area (Å²) in [5.74, 6) is -4.08. The molecule has 1 aromatic rings. The normalized spacial score (nSPS) is 15.4. The van der Waals surface area contributed by atoms with E-state index in [1.165, 1.54) is 11.3 Å². The number of thiophene rings is 1. The third-order valence-corrected chi connectivity index (χ3v) is 5.76. The molecule has 1 aromatic heterocycles. The Hall–Kier alpha value is -2.50. The summed E-state index contributed by atoms with van der Waals surface area (Å²) in [6.07, 6.45) is 3.10. The predicted octanol–water partition coefficient (Wildman–Crippen LogP) is 1.15. The van der Waals surface area contributed by atoms with Crippen LogP contribution in [-0.4, -0.2) is 71.2 Å². The first-order valence-corrected chi connectivity index (χ1v) is 10.6. The summed E-state index contributed by atoms with van der Waals surface area (Å²) in [6, 6.07) is 0.481. The Labute approximate surface area is 178 Å². The maximum atomic E-state index is 12.4. The molecule has 1 aliphatic heterocycles. The third-order valence-electron chi connectivity index (χ3n) is 4.63. The molecule has 0 unspecified atom stereocenters. The monoisotopic (exact) mass is 441 g/mol. The number of fused-ring (bicyclic) bond motifs is 1. The number of esters is 1. The Morgan fingerprint density at radius 3 is 2.37 bits per heavy atom. The van der Waals surface area contributed by atoms with Crippen LogP contribution >= 0.6 is 11.3 Å². The summed E-state index contributed by atoms with van der Waals surface area (Å²) in [6.45, 7) is 7.31. The van der Waals surface area contributed by atoms with Crippen LogP contribution in [0, 0.1) is 0 Å². The van der Waals surface area contributed by atoms with Crippen LogP contribution in [0.2, 0.25) is 0 Å². The largest absolute Gasteiger partial charge is 0.473 e. The maximum absolute atomic E-state index is 12.4. The molecule has 0 aromatic carbocycles. The van der Waals surface area contributed by atoms with E-state index < -0.39 is 11.9 Å². The summed E-state index contributed by atoms with van der Waals surface area (Å²) in [5, 5.41) is 21.5. The second-order valence-corrected chi connectivity index (χ2v) is 7.97. The minimum atomic E-state index is -1.82. The molecule has 2 heterocycles. The van der Waals surface area contributed by atoms with E-state index in [-0.39, 0.29) is 18.4 Å². The van der Waals surface area contributed by atoms with E-state index in [2.05, 4.69) is 22.5 Å². The molecule has 0 spiro atoms. The van der Waals surface area contributed by atoms with Gasteiger partial charge in [-0.25, -0.2) is 14.4 Å². The zero-order valence-electron chi connectivity index (χ0n) is 17.0. The van der Waals surface area contributed by atoms with Gasteiger partial charge >= 0.3 is 17.9 Å². The molecule has 3 rings (SSSR count). The number of likely N-dealkylation sites (N-methyl/N-ethyl adjacent to an activating group) is 1. The van der Waals surface area contributed by atoms with Gasteiger partial charge in [-0.3, -0.25) is 9.69 Å². The first kappa shape index (κ1) is 23.8. The Morgan fingerprint density at radius 2 is 1.83 bits per heavy atom. The van der Waals surface area contributed by atoms with Gasteiger partial charge in [-0.2, -0.15) is 0 Å². The van der Waals surface area contributed by atoms with Crippen molar-refractivity contribution >= 4 is 40.2 Å². The van der Waals surface area contributed by atoms with Gasteiger partial charge in [0.25, 0.3) is 0 Å². The smallest absolute Gasteiger partial charge is 0.414 e. The Morgan fingerprint density at radius 1 is 1.17 bits per heavy atom. The number of hydrogen-bond acceptors (Lipinski definition) is 8. The number of aliphatic carboxylic acids is 2. The second-order valence-electron chi connectivity index (χ2n) is 6.86. The van der Waals surface area contributed by atoms with Crippen LogP contribution in [0.25, 0.3) is 0 Å².